The predicted octanol–water partition coefficient (Wildman–Crippen LogP) is 3.63. The van der Waals surface area contributed by atoms with E-state index in [1.165, 1.54) is 6.08 Å². The maximum atomic E-state index is 12.7. The van der Waals surface area contributed by atoms with Crippen LogP contribution in [0, 0.1) is 0 Å². The van der Waals surface area contributed by atoms with E-state index in [2.05, 4.69) is 36.8 Å². The fourth-order valence-electron chi connectivity index (χ4n) is 3.97. The number of nitrogens with zero attached hydrogens (tertiary/aromatic N) is 2. The Kier molecular flexibility index (Phi) is 8.11. The highest BCUT2D eigenvalue weighted by atomic mass is 16.5. The lowest BCUT2D eigenvalue weighted by molar-refractivity contribution is -0.124. The maximum Gasteiger partial charge on any atom is 0.267 e. The Morgan fingerprint density at radius 2 is 1.62 bits per heavy atom. The van der Waals surface area contributed by atoms with Crippen LogP contribution in [0.1, 0.15) is 40.9 Å². The van der Waals surface area contributed by atoms with Crippen molar-refractivity contribution < 1.29 is 14.8 Å². The summed E-state index contributed by atoms with van der Waals surface area (Å²) in [5, 5.41) is 8.56. The Hall–Kier alpha value is -3.06. The van der Waals surface area contributed by atoms with Crippen LogP contribution in [0.4, 0.5) is 0 Å². The van der Waals surface area contributed by atoms with E-state index >= 15 is 0 Å². The zero-order valence-electron chi connectivity index (χ0n) is 18.9. The summed E-state index contributed by atoms with van der Waals surface area (Å²) in [6.07, 6.45) is 6.17. The number of carbonyl (C=O) groups excluding carboxylic acids is 2. The van der Waals surface area contributed by atoms with E-state index in [4.69, 9.17) is 5.21 Å². The Morgan fingerprint density at radius 1 is 1.00 bits per heavy atom. The lowest BCUT2D eigenvalue weighted by atomic mass is 10.0. The fraction of sp³-hybridized carbons (Fsp3) is 0.308. The largest absolute Gasteiger partial charge is 0.298 e. The van der Waals surface area contributed by atoms with Crippen LogP contribution in [0.3, 0.4) is 0 Å². The van der Waals surface area contributed by atoms with Gasteiger partial charge in [-0.2, -0.15) is 0 Å². The highest BCUT2D eigenvalue weighted by Crippen LogP contribution is 2.17. The van der Waals surface area contributed by atoms with Crippen molar-refractivity contribution >= 4 is 23.8 Å². The van der Waals surface area contributed by atoms with Gasteiger partial charge in [-0.1, -0.05) is 42.5 Å². The summed E-state index contributed by atoms with van der Waals surface area (Å²) in [7, 11) is 2.18. The van der Waals surface area contributed by atoms with Gasteiger partial charge in [0, 0.05) is 43.4 Å². The first-order valence-electron chi connectivity index (χ1n) is 10.8. The molecule has 0 aliphatic carbocycles. The minimum absolute atomic E-state index is 0.0485. The molecule has 0 saturated carbocycles. The third-order valence-corrected chi connectivity index (χ3v) is 5.93. The lowest BCUT2D eigenvalue weighted by Crippen LogP contribution is -2.54. The molecule has 2 aromatic rings. The first-order chi connectivity index (χ1) is 15.4. The predicted molar refractivity (Wildman–Crippen MR) is 127 cm³/mol. The Morgan fingerprint density at radius 3 is 2.28 bits per heavy atom. The molecule has 0 unspecified atom stereocenters. The van der Waals surface area contributed by atoms with Crippen molar-refractivity contribution in [2.75, 3.05) is 20.1 Å². The van der Waals surface area contributed by atoms with Crippen molar-refractivity contribution in [2.45, 2.75) is 32.5 Å². The van der Waals surface area contributed by atoms with Crippen LogP contribution in [0.5, 0.6) is 0 Å². The molecule has 1 fully saturated rings. The molecular formula is C26H31N3O3. The van der Waals surface area contributed by atoms with Gasteiger partial charge >= 0.3 is 0 Å². The molecule has 1 aliphatic heterocycles. The standard InChI is InChI=1S/C26H31N3O3/c1-19-16-29(17-20(2)28(19)3)18-23-8-5-9-24(15-23)25(30)12-10-21-6-4-7-22(14-21)11-13-26(31)27-32/h4-15,19-20,32H,16-18H2,1-3H3,(H,27,31)/b12-10+,13-11+/t19-,20+. The summed E-state index contributed by atoms with van der Waals surface area (Å²) < 4.78 is 0. The number of likely N-dealkylation sites (N-methyl/N-ethyl adjacent to an activating group) is 1. The van der Waals surface area contributed by atoms with E-state index in [0.29, 0.717) is 17.6 Å². The van der Waals surface area contributed by atoms with Gasteiger partial charge in [-0.3, -0.25) is 24.6 Å². The van der Waals surface area contributed by atoms with E-state index in [9.17, 15) is 9.59 Å². The summed E-state index contributed by atoms with van der Waals surface area (Å²) in [6.45, 7) is 7.37. The lowest BCUT2D eigenvalue weighted by Gasteiger charge is -2.42. The summed E-state index contributed by atoms with van der Waals surface area (Å²) in [5.41, 5.74) is 5.01. The molecule has 6 nitrogen and oxygen atoms in total. The molecule has 1 amide bonds. The molecule has 168 valence electrons. The molecule has 1 heterocycles. The fourth-order valence-corrected chi connectivity index (χ4v) is 3.97. The van der Waals surface area contributed by atoms with Gasteiger partial charge < -0.3 is 0 Å². The molecule has 32 heavy (non-hydrogen) atoms. The number of carbonyl (C=O) groups is 2. The average Bonchev–Trinajstić information content (AvgIpc) is 2.79. The van der Waals surface area contributed by atoms with Crippen molar-refractivity contribution in [3.05, 3.63) is 82.9 Å². The number of benzene rings is 2. The number of hydroxylamine groups is 1. The number of nitrogens with one attached hydrogen (secondary N) is 1. The SMILES string of the molecule is C[C@@H]1CN(Cc2cccc(C(=O)/C=C/c3cccc(/C=C/C(=O)NO)c3)c2)C[C@H](C)N1C. The van der Waals surface area contributed by atoms with Crippen molar-refractivity contribution in [1.29, 1.82) is 0 Å². The monoisotopic (exact) mass is 433 g/mol. The Labute approximate surface area is 189 Å². The molecule has 2 atom stereocenters. The molecule has 0 bridgehead atoms. The van der Waals surface area contributed by atoms with Gasteiger partial charge in [0.25, 0.3) is 5.91 Å². The molecular weight excluding hydrogens is 402 g/mol. The van der Waals surface area contributed by atoms with Gasteiger partial charge in [-0.05, 0) is 61.9 Å². The van der Waals surface area contributed by atoms with E-state index in [0.717, 1.165) is 36.3 Å². The highest BCUT2D eigenvalue weighted by Gasteiger charge is 2.26. The van der Waals surface area contributed by atoms with Gasteiger partial charge in [0.1, 0.15) is 0 Å². The van der Waals surface area contributed by atoms with Gasteiger partial charge in [-0.15, -0.1) is 0 Å². The summed E-state index contributed by atoms with van der Waals surface area (Å²) in [5.74, 6) is -0.644. The Balaban J connectivity index is 1.65. The minimum Gasteiger partial charge on any atom is -0.298 e. The number of hydrogen-bond donors (Lipinski definition) is 2. The Bertz CT molecular complexity index is 1000. The van der Waals surface area contributed by atoms with Crippen LogP contribution < -0.4 is 5.48 Å². The molecule has 0 aromatic heterocycles. The molecule has 1 aliphatic rings. The van der Waals surface area contributed by atoms with Crippen LogP contribution in [-0.4, -0.2) is 58.9 Å². The van der Waals surface area contributed by atoms with Crippen molar-refractivity contribution in [3.63, 3.8) is 0 Å². The first-order valence-corrected chi connectivity index (χ1v) is 10.8. The molecule has 0 radical (unpaired) electrons. The van der Waals surface area contributed by atoms with Crippen LogP contribution in [0.25, 0.3) is 12.2 Å². The van der Waals surface area contributed by atoms with E-state index in [-0.39, 0.29) is 5.78 Å². The van der Waals surface area contributed by atoms with E-state index in [1.54, 1.807) is 23.7 Å². The topological polar surface area (TPSA) is 72.9 Å². The quantitative estimate of drug-likeness (QED) is 0.302. The number of amides is 1. The second-order valence-corrected chi connectivity index (χ2v) is 8.44. The van der Waals surface area contributed by atoms with Crippen LogP contribution in [0.2, 0.25) is 0 Å². The third kappa shape index (κ3) is 6.47. The normalized spacial score (nSPS) is 20.1. The third-order valence-electron chi connectivity index (χ3n) is 5.93. The van der Waals surface area contributed by atoms with Gasteiger partial charge in [0.15, 0.2) is 5.78 Å². The smallest absolute Gasteiger partial charge is 0.267 e. The number of hydrogen-bond acceptors (Lipinski definition) is 5. The number of rotatable bonds is 7. The van der Waals surface area contributed by atoms with Crippen molar-refractivity contribution in [2.24, 2.45) is 0 Å². The summed E-state index contributed by atoms with van der Waals surface area (Å²) in [6, 6.07) is 16.3. The van der Waals surface area contributed by atoms with E-state index in [1.807, 2.05) is 42.5 Å². The minimum atomic E-state index is -0.596. The molecule has 6 heteroatoms. The zero-order chi connectivity index (χ0) is 23.1. The molecule has 2 aromatic carbocycles. The van der Waals surface area contributed by atoms with E-state index < -0.39 is 5.91 Å². The second kappa shape index (κ2) is 11.0. The summed E-state index contributed by atoms with van der Waals surface area (Å²) >= 11 is 0. The molecule has 1 saturated heterocycles. The number of allylic oxidation sites excluding steroid dienone is 1. The number of ketones is 1. The van der Waals surface area contributed by atoms with Gasteiger partial charge in [0.05, 0.1) is 0 Å². The van der Waals surface area contributed by atoms with Crippen molar-refractivity contribution in [3.8, 4) is 0 Å². The maximum absolute atomic E-state index is 12.7. The van der Waals surface area contributed by atoms with Gasteiger partial charge in [0.2, 0.25) is 0 Å². The van der Waals surface area contributed by atoms with Crippen LogP contribution in [0.15, 0.2) is 60.7 Å². The van der Waals surface area contributed by atoms with Gasteiger partial charge in [-0.25, -0.2) is 5.48 Å². The molecule has 3 rings (SSSR count). The second-order valence-electron chi connectivity index (χ2n) is 8.44. The van der Waals surface area contributed by atoms with Crippen LogP contribution >= 0.6 is 0 Å². The zero-order valence-corrected chi connectivity index (χ0v) is 18.9. The number of piperazine rings is 1. The molecule has 2 N–H and O–H groups in total. The average molecular weight is 434 g/mol. The van der Waals surface area contributed by atoms with Crippen molar-refractivity contribution in [1.82, 2.24) is 15.3 Å². The molecule has 0 spiro atoms. The van der Waals surface area contributed by atoms with Crippen LogP contribution in [-0.2, 0) is 11.3 Å². The highest BCUT2D eigenvalue weighted by molar-refractivity contribution is 6.06. The summed E-state index contributed by atoms with van der Waals surface area (Å²) in [4.78, 5) is 28.7. The first kappa shape index (κ1) is 23.6.